The second kappa shape index (κ2) is 6.88. The standard InChI is InChI=1S/C15H30N2O/c1-12-3-6-14(10-16)15(9-12)17(2)7-8-18-11-13-4-5-13/h12-15H,3-11,16H2,1-2H3. The molecular weight excluding hydrogens is 224 g/mol. The lowest BCUT2D eigenvalue weighted by molar-refractivity contribution is 0.0590. The summed E-state index contributed by atoms with van der Waals surface area (Å²) < 4.78 is 5.74. The summed E-state index contributed by atoms with van der Waals surface area (Å²) in [6.45, 7) is 6.13. The van der Waals surface area contributed by atoms with Crippen LogP contribution in [0.4, 0.5) is 0 Å². The van der Waals surface area contributed by atoms with Gasteiger partial charge in [0, 0.05) is 19.2 Å². The van der Waals surface area contributed by atoms with Gasteiger partial charge in [-0.2, -0.15) is 0 Å². The maximum atomic E-state index is 5.92. The van der Waals surface area contributed by atoms with Crippen molar-refractivity contribution in [2.45, 2.75) is 45.1 Å². The van der Waals surface area contributed by atoms with Crippen molar-refractivity contribution in [2.75, 3.05) is 33.4 Å². The smallest absolute Gasteiger partial charge is 0.0593 e. The topological polar surface area (TPSA) is 38.5 Å². The van der Waals surface area contributed by atoms with Gasteiger partial charge >= 0.3 is 0 Å². The van der Waals surface area contributed by atoms with Gasteiger partial charge in [-0.05, 0) is 57.0 Å². The summed E-state index contributed by atoms with van der Waals surface area (Å²) in [6.07, 6.45) is 6.72. The molecule has 2 N–H and O–H groups in total. The maximum Gasteiger partial charge on any atom is 0.0593 e. The van der Waals surface area contributed by atoms with E-state index >= 15 is 0 Å². The molecule has 0 heterocycles. The first-order valence-corrected chi connectivity index (χ1v) is 7.68. The van der Waals surface area contributed by atoms with Gasteiger partial charge in [-0.15, -0.1) is 0 Å². The molecule has 3 atom stereocenters. The van der Waals surface area contributed by atoms with Gasteiger partial charge in [0.05, 0.1) is 6.61 Å². The van der Waals surface area contributed by atoms with Gasteiger partial charge in [0.25, 0.3) is 0 Å². The van der Waals surface area contributed by atoms with Crippen molar-refractivity contribution in [1.82, 2.24) is 4.90 Å². The number of hydrogen-bond donors (Lipinski definition) is 1. The molecule has 2 saturated carbocycles. The third-order valence-electron chi connectivity index (χ3n) is 4.73. The van der Waals surface area contributed by atoms with Gasteiger partial charge in [0.2, 0.25) is 0 Å². The van der Waals surface area contributed by atoms with E-state index in [0.717, 1.165) is 38.1 Å². The number of likely N-dealkylation sites (N-methyl/N-ethyl adjacent to an activating group) is 1. The van der Waals surface area contributed by atoms with Gasteiger partial charge in [-0.3, -0.25) is 0 Å². The molecule has 2 aliphatic carbocycles. The molecule has 0 aromatic rings. The van der Waals surface area contributed by atoms with Crippen LogP contribution in [-0.4, -0.2) is 44.3 Å². The lowest BCUT2D eigenvalue weighted by Gasteiger charge is -2.40. The Morgan fingerprint density at radius 3 is 2.67 bits per heavy atom. The summed E-state index contributed by atoms with van der Waals surface area (Å²) >= 11 is 0. The predicted octanol–water partition coefficient (Wildman–Crippen LogP) is 2.11. The SMILES string of the molecule is CC1CCC(CN)C(N(C)CCOCC2CC2)C1. The quantitative estimate of drug-likeness (QED) is 0.707. The Morgan fingerprint density at radius 1 is 1.22 bits per heavy atom. The Morgan fingerprint density at radius 2 is 2.00 bits per heavy atom. The largest absolute Gasteiger partial charge is 0.380 e. The number of ether oxygens (including phenoxy) is 1. The molecule has 3 nitrogen and oxygen atoms in total. The molecule has 2 rings (SSSR count). The van der Waals surface area contributed by atoms with E-state index in [2.05, 4.69) is 18.9 Å². The van der Waals surface area contributed by atoms with Crippen LogP contribution in [0.5, 0.6) is 0 Å². The molecule has 0 saturated heterocycles. The summed E-state index contributed by atoms with van der Waals surface area (Å²) in [5.74, 6) is 2.42. The molecule has 0 spiro atoms. The second-order valence-electron chi connectivity index (χ2n) is 6.48. The predicted molar refractivity (Wildman–Crippen MR) is 75.5 cm³/mol. The monoisotopic (exact) mass is 254 g/mol. The fourth-order valence-electron chi connectivity index (χ4n) is 3.14. The molecule has 0 aliphatic heterocycles. The van der Waals surface area contributed by atoms with Crippen LogP contribution in [0.2, 0.25) is 0 Å². The fraction of sp³-hybridized carbons (Fsp3) is 1.00. The molecule has 0 bridgehead atoms. The van der Waals surface area contributed by atoms with E-state index in [0.29, 0.717) is 12.0 Å². The van der Waals surface area contributed by atoms with Crippen LogP contribution in [0.1, 0.15) is 39.0 Å². The van der Waals surface area contributed by atoms with Crippen LogP contribution in [0.3, 0.4) is 0 Å². The molecular formula is C15H30N2O. The first-order valence-electron chi connectivity index (χ1n) is 7.68. The van der Waals surface area contributed by atoms with Crippen molar-refractivity contribution < 1.29 is 4.74 Å². The molecule has 3 heteroatoms. The number of nitrogens with two attached hydrogens (primary N) is 1. The first kappa shape index (κ1) is 14.3. The highest BCUT2D eigenvalue weighted by molar-refractivity contribution is 4.85. The van der Waals surface area contributed by atoms with Crippen LogP contribution >= 0.6 is 0 Å². The molecule has 2 fully saturated rings. The molecule has 0 amide bonds. The van der Waals surface area contributed by atoms with Crippen LogP contribution < -0.4 is 5.73 Å². The molecule has 18 heavy (non-hydrogen) atoms. The molecule has 2 aliphatic rings. The van der Waals surface area contributed by atoms with Gasteiger partial charge in [0.1, 0.15) is 0 Å². The third-order valence-corrected chi connectivity index (χ3v) is 4.73. The van der Waals surface area contributed by atoms with Crippen LogP contribution in [-0.2, 0) is 4.74 Å². The summed E-state index contributed by atoms with van der Waals surface area (Å²) in [7, 11) is 2.24. The van der Waals surface area contributed by atoms with Crippen molar-refractivity contribution in [3.05, 3.63) is 0 Å². The average Bonchev–Trinajstić information content (AvgIpc) is 3.18. The van der Waals surface area contributed by atoms with E-state index in [1.807, 2.05) is 0 Å². The van der Waals surface area contributed by atoms with Crippen molar-refractivity contribution in [3.63, 3.8) is 0 Å². The molecule has 3 unspecified atom stereocenters. The Bertz CT molecular complexity index is 243. The van der Waals surface area contributed by atoms with E-state index in [4.69, 9.17) is 10.5 Å². The lowest BCUT2D eigenvalue weighted by atomic mass is 9.78. The number of hydrogen-bond acceptors (Lipinski definition) is 3. The summed E-state index contributed by atoms with van der Waals surface area (Å²) in [4.78, 5) is 2.49. The highest BCUT2D eigenvalue weighted by atomic mass is 16.5. The van der Waals surface area contributed by atoms with Gasteiger partial charge < -0.3 is 15.4 Å². The Labute approximate surface area is 112 Å². The molecule has 0 aromatic carbocycles. The highest BCUT2D eigenvalue weighted by Gasteiger charge is 2.30. The van der Waals surface area contributed by atoms with E-state index in [1.54, 1.807) is 0 Å². The van der Waals surface area contributed by atoms with Crippen LogP contribution in [0.15, 0.2) is 0 Å². The normalized spacial score (nSPS) is 33.0. The van der Waals surface area contributed by atoms with Crippen molar-refractivity contribution in [1.29, 1.82) is 0 Å². The van der Waals surface area contributed by atoms with E-state index in [1.165, 1.54) is 32.1 Å². The van der Waals surface area contributed by atoms with Crippen LogP contribution in [0, 0.1) is 17.8 Å². The van der Waals surface area contributed by atoms with Crippen molar-refractivity contribution in [3.8, 4) is 0 Å². The zero-order valence-corrected chi connectivity index (χ0v) is 12.1. The zero-order chi connectivity index (χ0) is 13.0. The Kier molecular flexibility index (Phi) is 5.46. The molecule has 0 aromatic heterocycles. The van der Waals surface area contributed by atoms with Crippen molar-refractivity contribution >= 4 is 0 Å². The zero-order valence-electron chi connectivity index (χ0n) is 12.1. The number of nitrogens with zero attached hydrogens (tertiary/aromatic N) is 1. The van der Waals surface area contributed by atoms with Gasteiger partial charge in [-0.1, -0.05) is 13.3 Å². The lowest BCUT2D eigenvalue weighted by Crippen LogP contribution is -2.45. The highest BCUT2D eigenvalue weighted by Crippen LogP contribution is 2.31. The minimum Gasteiger partial charge on any atom is -0.380 e. The summed E-state index contributed by atoms with van der Waals surface area (Å²) in [6, 6.07) is 0.670. The van der Waals surface area contributed by atoms with Crippen LogP contribution in [0.25, 0.3) is 0 Å². The molecule has 106 valence electrons. The van der Waals surface area contributed by atoms with E-state index < -0.39 is 0 Å². The minimum atomic E-state index is 0.670. The molecule has 0 radical (unpaired) electrons. The van der Waals surface area contributed by atoms with Gasteiger partial charge in [0.15, 0.2) is 0 Å². The second-order valence-corrected chi connectivity index (χ2v) is 6.48. The average molecular weight is 254 g/mol. The summed E-state index contributed by atoms with van der Waals surface area (Å²) in [5, 5.41) is 0. The van der Waals surface area contributed by atoms with Crippen molar-refractivity contribution in [2.24, 2.45) is 23.5 Å². The third kappa shape index (κ3) is 4.22. The fourth-order valence-corrected chi connectivity index (χ4v) is 3.14. The van der Waals surface area contributed by atoms with E-state index in [9.17, 15) is 0 Å². The van der Waals surface area contributed by atoms with Gasteiger partial charge in [-0.25, -0.2) is 0 Å². The number of rotatable bonds is 7. The first-order chi connectivity index (χ1) is 8.70. The maximum absolute atomic E-state index is 5.92. The Hall–Kier alpha value is -0.120. The Balaban J connectivity index is 1.68. The summed E-state index contributed by atoms with van der Waals surface area (Å²) in [5.41, 5.74) is 5.92. The van der Waals surface area contributed by atoms with E-state index in [-0.39, 0.29) is 0 Å². The minimum absolute atomic E-state index is 0.670.